The van der Waals surface area contributed by atoms with E-state index in [2.05, 4.69) is 6.92 Å². The standard InChI is InChI=1S/C16H24O3/c1-3-13-15(5-10(2)14(17)18)6-11-4-12(7-15)9-16(13,19)8-11/h5,11-13,19H,3-4,6-9H2,1-2H3,(H,17,18). The Morgan fingerprint density at radius 1 is 1.26 bits per heavy atom. The third kappa shape index (κ3) is 1.85. The second-order valence-electron chi connectivity index (χ2n) is 7.21. The van der Waals surface area contributed by atoms with Crippen LogP contribution in [-0.2, 0) is 4.79 Å². The topological polar surface area (TPSA) is 57.5 Å². The summed E-state index contributed by atoms with van der Waals surface area (Å²) >= 11 is 0. The predicted molar refractivity (Wildman–Crippen MR) is 72.6 cm³/mol. The number of hydrogen-bond acceptors (Lipinski definition) is 2. The molecule has 0 radical (unpaired) electrons. The first-order chi connectivity index (χ1) is 8.88. The molecule has 3 atom stereocenters. The van der Waals surface area contributed by atoms with E-state index < -0.39 is 11.6 Å². The van der Waals surface area contributed by atoms with Crippen molar-refractivity contribution in [2.75, 3.05) is 0 Å². The number of rotatable bonds is 3. The van der Waals surface area contributed by atoms with E-state index in [-0.39, 0.29) is 11.3 Å². The van der Waals surface area contributed by atoms with Gasteiger partial charge in [-0.15, -0.1) is 0 Å². The molecule has 3 heteroatoms. The van der Waals surface area contributed by atoms with Crippen LogP contribution in [0.15, 0.2) is 11.6 Å². The molecular weight excluding hydrogens is 240 g/mol. The quantitative estimate of drug-likeness (QED) is 0.770. The first-order valence-electron chi connectivity index (χ1n) is 7.54. The Bertz CT molecular complexity index is 423. The predicted octanol–water partition coefficient (Wildman–Crippen LogP) is 2.98. The minimum atomic E-state index is -0.822. The minimum absolute atomic E-state index is 0.0595. The van der Waals surface area contributed by atoms with Crippen LogP contribution >= 0.6 is 0 Å². The van der Waals surface area contributed by atoms with Gasteiger partial charge in [-0.25, -0.2) is 4.79 Å². The van der Waals surface area contributed by atoms with Gasteiger partial charge in [-0.2, -0.15) is 0 Å². The van der Waals surface area contributed by atoms with E-state index in [1.807, 2.05) is 6.08 Å². The van der Waals surface area contributed by atoms with E-state index in [0.717, 1.165) is 32.1 Å². The highest BCUT2D eigenvalue weighted by atomic mass is 16.4. The van der Waals surface area contributed by atoms with Crippen molar-refractivity contribution in [3.8, 4) is 0 Å². The summed E-state index contributed by atoms with van der Waals surface area (Å²) in [6.07, 6.45) is 8.20. The maximum atomic E-state index is 11.2. The first kappa shape index (κ1) is 13.2. The monoisotopic (exact) mass is 264 g/mol. The highest BCUT2D eigenvalue weighted by molar-refractivity contribution is 5.86. The van der Waals surface area contributed by atoms with Crippen LogP contribution < -0.4 is 0 Å². The molecule has 0 heterocycles. The number of hydrogen-bond donors (Lipinski definition) is 2. The fraction of sp³-hybridized carbons (Fsp3) is 0.812. The van der Waals surface area contributed by atoms with Gasteiger partial charge in [0.05, 0.1) is 5.60 Å². The van der Waals surface area contributed by atoms with Crippen molar-refractivity contribution in [3.05, 3.63) is 11.6 Å². The van der Waals surface area contributed by atoms with Gasteiger partial charge in [0, 0.05) is 5.57 Å². The van der Waals surface area contributed by atoms with Gasteiger partial charge < -0.3 is 10.2 Å². The van der Waals surface area contributed by atoms with Gasteiger partial charge >= 0.3 is 5.97 Å². The molecule has 0 aromatic rings. The maximum absolute atomic E-state index is 11.2. The zero-order valence-corrected chi connectivity index (χ0v) is 11.9. The van der Waals surface area contributed by atoms with E-state index in [1.165, 1.54) is 6.42 Å². The molecule has 0 aromatic heterocycles. The molecule has 0 aromatic carbocycles. The Morgan fingerprint density at radius 2 is 1.84 bits per heavy atom. The largest absolute Gasteiger partial charge is 0.478 e. The van der Waals surface area contributed by atoms with Crippen LogP contribution in [0.5, 0.6) is 0 Å². The number of allylic oxidation sites excluding steroid dienone is 1. The summed E-state index contributed by atoms with van der Waals surface area (Å²) in [5.74, 6) is 0.607. The molecule has 4 fully saturated rings. The molecule has 3 unspecified atom stereocenters. The van der Waals surface area contributed by atoms with Gasteiger partial charge in [-0.3, -0.25) is 0 Å². The van der Waals surface area contributed by atoms with Crippen molar-refractivity contribution in [3.63, 3.8) is 0 Å². The summed E-state index contributed by atoms with van der Waals surface area (Å²) < 4.78 is 0. The molecular formula is C16H24O3. The first-order valence-corrected chi connectivity index (χ1v) is 7.54. The summed E-state index contributed by atoms with van der Waals surface area (Å²) in [5, 5.41) is 20.2. The maximum Gasteiger partial charge on any atom is 0.330 e. The SMILES string of the molecule is CCC1C2(O)CC3CC(C2)CC1(C=C(C)C(=O)O)C3. The van der Waals surface area contributed by atoms with Gasteiger partial charge in [0.25, 0.3) is 0 Å². The number of carbonyl (C=O) groups is 1. The van der Waals surface area contributed by atoms with Gasteiger partial charge in [-0.1, -0.05) is 13.0 Å². The zero-order chi connectivity index (χ0) is 13.8. The van der Waals surface area contributed by atoms with Crippen LogP contribution in [0.1, 0.15) is 52.4 Å². The minimum Gasteiger partial charge on any atom is -0.478 e. The van der Waals surface area contributed by atoms with Crippen molar-refractivity contribution >= 4 is 5.97 Å². The average Bonchev–Trinajstić information content (AvgIpc) is 2.25. The second-order valence-corrected chi connectivity index (χ2v) is 7.21. The molecule has 4 rings (SSSR count). The molecule has 19 heavy (non-hydrogen) atoms. The van der Waals surface area contributed by atoms with E-state index >= 15 is 0 Å². The van der Waals surface area contributed by atoms with Crippen molar-refractivity contribution in [2.24, 2.45) is 23.2 Å². The summed E-state index contributed by atoms with van der Waals surface area (Å²) in [4.78, 5) is 11.2. The van der Waals surface area contributed by atoms with Crippen LogP contribution in [0.3, 0.4) is 0 Å². The lowest BCUT2D eigenvalue weighted by Crippen LogP contribution is -2.61. The molecule has 4 bridgehead atoms. The summed E-state index contributed by atoms with van der Waals surface area (Å²) in [7, 11) is 0. The lowest BCUT2D eigenvalue weighted by Gasteiger charge is -2.64. The Hall–Kier alpha value is -0.830. The van der Waals surface area contributed by atoms with E-state index in [1.54, 1.807) is 6.92 Å². The molecule has 106 valence electrons. The van der Waals surface area contributed by atoms with E-state index in [0.29, 0.717) is 17.4 Å². The Labute approximate surface area is 114 Å². The smallest absolute Gasteiger partial charge is 0.330 e. The van der Waals surface area contributed by atoms with Crippen molar-refractivity contribution in [1.82, 2.24) is 0 Å². The second kappa shape index (κ2) is 4.08. The normalized spacial score (nSPS) is 48.6. The Kier molecular flexibility index (Phi) is 2.83. The molecule has 4 aliphatic carbocycles. The molecule has 0 aliphatic heterocycles. The number of aliphatic carboxylic acids is 1. The van der Waals surface area contributed by atoms with Crippen LogP contribution in [0.4, 0.5) is 0 Å². The summed E-state index contributed by atoms with van der Waals surface area (Å²) in [5.41, 5.74) is -0.145. The highest BCUT2D eigenvalue weighted by Crippen LogP contribution is 2.66. The van der Waals surface area contributed by atoms with Gasteiger partial charge in [0.15, 0.2) is 0 Å². The third-order valence-electron chi connectivity index (χ3n) is 5.88. The van der Waals surface area contributed by atoms with Gasteiger partial charge in [-0.05, 0) is 68.6 Å². The molecule has 0 amide bonds. The Balaban J connectivity index is 2.03. The zero-order valence-electron chi connectivity index (χ0n) is 11.9. The van der Waals surface area contributed by atoms with Crippen LogP contribution in [0.25, 0.3) is 0 Å². The molecule has 3 nitrogen and oxygen atoms in total. The van der Waals surface area contributed by atoms with Crippen molar-refractivity contribution in [2.45, 2.75) is 58.0 Å². The molecule has 4 aliphatic rings. The molecule has 0 spiro atoms. The molecule has 2 N–H and O–H groups in total. The van der Waals surface area contributed by atoms with Gasteiger partial charge in [0.2, 0.25) is 0 Å². The molecule has 4 saturated carbocycles. The van der Waals surface area contributed by atoms with E-state index in [9.17, 15) is 15.0 Å². The summed E-state index contributed by atoms with van der Waals surface area (Å²) in [6.45, 7) is 3.83. The van der Waals surface area contributed by atoms with Crippen LogP contribution in [-0.4, -0.2) is 21.8 Å². The Morgan fingerprint density at radius 3 is 2.32 bits per heavy atom. The van der Waals surface area contributed by atoms with Crippen LogP contribution in [0.2, 0.25) is 0 Å². The summed E-state index contributed by atoms with van der Waals surface area (Å²) in [6, 6.07) is 0. The number of carboxylic acids is 1. The van der Waals surface area contributed by atoms with Crippen LogP contribution in [0, 0.1) is 23.2 Å². The van der Waals surface area contributed by atoms with Gasteiger partial charge in [0.1, 0.15) is 0 Å². The highest BCUT2D eigenvalue weighted by Gasteiger charge is 2.61. The third-order valence-corrected chi connectivity index (χ3v) is 5.88. The lowest BCUT2D eigenvalue weighted by molar-refractivity contribution is -0.198. The fourth-order valence-corrected chi connectivity index (χ4v) is 5.79. The van der Waals surface area contributed by atoms with Crippen molar-refractivity contribution < 1.29 is 15.0 Å². The average molecular weight is 264 g/mol. The van der Waals surface area contributed by atoms with Crippen molar-refractivity contribution in [1.29, 1.82) is 0 Å². The van der Waals surface area contributed by atoms with E-state index in [4.69, 9.17) is 0 Å². The molecule has 0 saturated heterocycles. The number of aliphatic hydroxyl groups is 1. The number of carboxylic acid groups (broad SMARTS) is 1. The lowest BCUT2D eigenvalue weighted by atomic mass is 9.42. The fourth-order valence-electron chi connectivity index (χ4n) is 5.79.